The van der Waals surface area contributed by atoms with E-state index in [2.05, 4.69) is 4.18 Å². The van der Waals surface area contributed by atoms with Crippen LogP contribution in [0.2, 0.25) is 0 Å². The summed E-state index contributed by atoms with van der Waals surface area (Å²) in [5, 5.41) is 1.39. The minimum atomic E-state index is -4.65. The van der Waals surface area contributed by atoms with Gasteiger partial charge in [-0.1, -0.05) is 18.2 Å². The van der Waals surface area contributed by atoms with Crippen molar-refractivity contribution >= 4 is 36.7 Å². The maximum atomic E-state index is 12.1. The Balaban J connectivity index is 2.30. The molecule has 0 atom stereocenters. The largest absolute Gasteiger partial charge is 0.398 e. The van der Waals surface area contributed by atoms with Gasteiger partial charge in [-0.25, -0.2) is 12.6 Å². The zero-order valence-electron chi connectivity index (χ0n) is 10.8. The van der Waals surface area contributed by atoms with Crippen molar-refractivity contribution in [2.45, 2.75) is 4.90 Å². The van der Waals surface area contributed by atoms with Crippen molar-refractivity contribution in [3.63, 3.8) is 0 Å². The van der Waals surface area contributed by atoms with Crippen LogP contribution in [0.4, 0.5) is 5.69 Å². The first-order valence-corrected chi connectivity index (χ1v) is 8.84. The van der Waals surface area contributed by atoms with E-state index in [1.807, 2.05) is 0 Å². The van der Waals surface area contributed by atoms with Crippen LogP contribution in [0.5, 0.6) is 0 Å². The van der Waals surface area contributed by atoms with Gasteiger partial charge in [0, 0.05) is 11.1 Å². The van der Waals surface area contributed by atoms with Gasteiger partial charge < -0.3 is 5.73 Å². The summed E-state index contributed by atoms with van der Waals surface area (Å²) in [6.45, 7) is -0.663. The summed E-state index contributed by atoms with van der Waals surface area (Å²) in [7, 11) is -8.40. The minimum Gasteiger partial charge on any atom is -0.398 e. The van der Waals surface area contributed by atoms with Crippen molar-refractivity contribution in [3.8, 4) is 0 Å². The maximum Gasteiger partial charge on any atom is 0.397 e. The molecule has 0 aliphatic rings. The molecule has 0 spiro atoms. The zero-order valence-corrected chi connectivity index (χ0v) is 12.4. The number of hydrogen-bond acceptors (Lipinski definition) is 6. The first kappa shape index (κ1) is 15.7. The molecule has 2 aromatic rings. The lowest BCUT2D eigenvalue weighted by molar-refractivity contribution is 0.284. The van der Waals surface area contributed by atoms with Crippen molar-refractivity contribution in [3.05, 3.63) is 36.4 Å². The summed E-state index contributed by atoms with van der Waals surface area (Å²) in [4.78, 5) is 0.00633. The Bertz CT molecular complexity index is 874. The maximum absolute atomic E-state index is 12.1. The summed E-state index contributed by atoms with van der Waals surface area (Å²) in [5.41, 5.74) is 6.24. The molecule has 114 valence electrons. The molecule has 0 bridgehead atoms. The number of benzene rings is 2. The molecular weight excluding hydrogens is 318 g/mol. The molecule has 0 amide bonds. The molecule has 9 heteroatoms. The van der Waals surface area contributed by atoms with Crippen molar-refractivity contribution in [1.82, 2.24) is 0 Å². The van der Waals surface area contributed by atoms with Gasteiger partial charge in [0.05, 0.1) is 17.3 Å². The van der Waals surface area contributed by atoms with Crippen LogP contribution in [0.3, 0.4) is 0 Å². The average Bonchev–Trinajstić information content (AvgIpc) is 2.37. The normalized spacial score (nSPS) is 12.6. The first-order chi connectivity index (χ1) is 9.69. The first-order valence-electron chi connectivity index (χ1n) is 5.82. The number of anilines is 1. The fourth-order valence-corrected chi connectivity index (χ4v) is 3.35. The van der Waals surface area contributed by atoms with E-state index in [0.29, 0.717) is 11.1 Å². The quantitative estimate of drug-likeness (QED) is 0.619. The van der Waals surface area contributed by atoms with Gasteiger partial charge >= 0.3 is 10.4 Å². The second-order valence-electron chi connectivity index (χ2n) is 4.30. The highest BCUT2D eigenvalue weighted by atomic mass is 32.3. The molecule has 21 heavy (non-hydrogen) atoms. The molecule has 0 unspecified atom stereocenters. The lowest BCUT2D eigenvalue weighted by Crippen LogP contribution is -2.15. The van der Waals surface area contributed by atoms with E-state index in [1.54, 1.807) is 24.3 Å². The Morgan fingerprint density at radius 3 is 2.48 bits per heavy atom. The van der Waals surface area contributed by atoms with Gasteiger partial charge in [-0.3, -0.25) is 4.55 Å². The molecule has 7 nitrogen and oxygen atoms in total. The van der Waals surface area contributed by atoms with Gasteiger partial charge in [-0.05, 0) is 23.6 Å². The second-order valence-corrected chi connectivity index (χ2v) is 7.50. The van der Waals surface area contributed by atoms with E-state index in [9.17, 15) is 16.8 Å². The van der Waals surface area contributed by atoms with E-state index < -0.39 is 32.6 Å². The van der Waals surface area contributed by atoms with E-state index in [4.69, 9.17) is 10.3 Å². The third kappa shape index (κ3) is 3.91. The minimum absolute atomic E-state index is 0.00633. The van der Waals surface area contributed by atoms with Gasteiger partial charge in [0.2, 0.25) is 0 Å². The average molecular weight is 331 g/mol. The molecule has 0 saturated carbocycles. The van der Waals surface area contributed by atoms with E-state index in [-0.39, 0.29) is 4.90 Å². The SMILES string of the molecule is Nc1cccc2ccc(S(=O)(=O)CCOS(=O)(=O)O)cc12. The molecule has 0 aromatic heterocycles. The summed E-state index contributed by atoms with van der Waals surface area (Å²) in [5.74, 6) is -0.578. The summed E-state index contributed by atoms with van der Waals surface area (Å²) >= 11 is 0. The van der Waals surface area contributed by atoms with E-state index in [1.165, 1.54) is 12.1 Å². The van der Waals surface area contributed by atoms with Crippen LogP contribution in [-0.2, 0) is 24.4 Å². The van der Waals surface area contributed by atoms with Gasteiger partial charge in [-0.2, -0.15) is 8.42 Å². The molecule has 2 aromatic carbocycles. The lowest BCUT2D eigenvalue weighted by atomic mass is 10.1. The number of fused-ring (bicyclic) bond motifs is 1. The molecule has 0 radical (unpaired) electrons. The smallest absolute Gasteiger partial charge is 0.397 e. The zero-order chi connectivity index (χ0) is 15.7. The van der Waals surface area contributed by atoms with E-state index in [0.717, 1.165) is 5.39 Å². The van der Waals surface area contributed by atoms with Crippen molar-refractivity contribution in [2.24, 2.45) is 0 Å². The van der Waals surface area contributed by atoms with Crippen LogP contribution >= 0.6 is 0 Å². The van der Waals surface area contributed by atoms with Crippen LogP contribution < -0.4 is 5.73 Å². The number of rotatable bonds is 5. The molecule has 0 aliphatic carbocycles. The molecule has 0 fully saturated rings. The Morgan fingerprint density at radius 1 is 1.10 bits per heavy atom. The van der Waals surface area contributed by atoms with Gasteiger partial charge in [0.1, 0.15) is 0 Å². The predicted molar refractivity (Wildman–Crippen MR) is 77.9 cm³/mol. The van der Waals surface area contributed by atoms with Gasteiger partial charge in [0.15, 0.2) is 9.84 Å². The van der Waals surface area contributed by atoms with Crippen molar-refractivity contribution < 1.29 is 25.6 Å². The van der Waals surface area contributed by atoms with Crippen LogP contribution in [0.25, 0.3) is 10.8 Å². The number of sulfone groups is 1. The number of hydrogen-bond donors (Lipinski definition) is 2. The fraction of sp³-hybridized carbons (Fsp3) is 0.167. The Morgan fingerprint density at radius 2 is 1.81 bits per heavy atom. The van der Waals surface area contributed by atoms with Crippen LogP contribution in [0.15, 0.2) is 41.3 Å². The highest BCUT2D eigenvalue weighted by Crippen LogP contribution is 2.24. The highest BCUT2D eigenvalue weighted by Gasteiger charge is 2.17. The van der Waals surface area contributed by atoms with Crippen molar-refractivity contribution in [2.75, 3.05) is 18.1 Å². The Labute approximate surface area is 122 Å². The third-order valence-corrected chi connectivity index (χ3v) is 4.97. The van der Waals surface area contributed by atoms with Gasteiger partial charge in [0.25, 0.3) is 0 Å². The van der Waals surface area contributed by atoms with Crippen LogP contribution in [0, 0.1) is 0 Å². The highest BCUT2D eigenvalue weighted by molar-refractivity contribution is 7.91. The monoisotopic (exact) mass is 331 g/mol. The van der Waals surface area contributed by atoms with E-state index >= 15 is 0 Å². The second kappa shape index (κ2) is 5.60. The molecular formula is C12H13NO6S2. The fourth-order valence-electron chi connectivity index (χ4n) is 1.84. The lowest BCUT2D eigenvalue weighted by Gasteiger charge is -2.07. The Hall–Kier alpha value is -1.68. The van der Waals surface area contributed by atoms with Crippen LogP contribution in [0.1, 0.15) is 0 Å². The molecule has 0 aliphatic heterocycles. The third-order valence-electron chi connectivity index (χ3n) is 2.83. The molecule has 0 heterocycles. The predicted octanol–water partition coefficient (Wildman–Crippen LogP) is 1.02. The summed E-state index contributed by atoms with van der Waals surface area (Å²) < 4.78 is 57.4. The van der Waals surface area contributed by atoms with Crippen molar-refractivity contribution in [1.29, 1.82) is 0 Å². The Kier molecular flexibility index (Phi) is 4.19. The molecule has 2 rings (SSSR count). The number of nitrogens with two attached hydrogens (primary N) is 1. The number of nitrogen functional groups attached to an aromatic ring is 1. The summed E-state index contributed by atoms with van der Waals surface area (Å²) in [6.07, 6.45) is 0. The standard InChI is InChI=1S/C12H13NO6S2/c13-12-3-1-2-9-4-5-10(8-11(9)12)20(14,15)7-6-19-21(16,17)18/h1-5,8H,6-7,13H2,(H,16,17,18). The van der Waals surface area contributed by atoms with Crippen LogP contribution in [-0.4, -0.2) is 33.7 Å². The molecule has 0 saturated heterocycles. The topological polar surface area (TPSA) is 124 Å². The summed E-state index contributed by atoms with van der Waals surface area (Å²) in [6, 6.07) is 9.65. The molecule has 3 N–H and O–H groups in total. The van der Waals surface area contributed by atoms with Gasteiger partial charge in [-0.15, -0.1) is 0 Å².